The minimum atomic E-state index is -0.0870. The molecule has 0 saturated heterocycles. The molecular formula is C15H20Cl2. The fourth-order valence-electron chi connectivity index (χ4n) is 2.77. The zero-order chi connectivity index (χ0) is 12.3. The summed E-state index contributed by atoms with van der Waals surface area (Å²) in [4.78, 5) is 0. The number of rotatable bonds is 3. The third-order valence-corrected chi connectivity index (χ3v) is 4.86. The first-order valence-corrected chi connectivity index (χ1v) is 7.39. The molecule has 0 aromatic rings. The SMILES string of the molecule is C=C1C(Cl)=CC=C(CCC2CCCCC2)C1Cl. The summed E-state index contributed by atoms with van der Waals surface area (Å²) in [5.74, 6) is 0.906. The molecule has 2 rings (SSSR count). The van der Waals surface area contributed by atoms with E-state index in [2.05, 4.69) is 12.7 Å². The highest BCUT2D eigenvalue weighted by molar-refractivity contribution is 6.35. The van der Waals surface area contributed by atoms with Crippen molar-refractivity contribution in [3.8, 4) is 0 Å². The zero-order valence-electron chi connectivity index (χ0n) is 10.2. The first-order chi connectivity index (χ1) is 8.18. The van der Waals surface area contributed by atoms with Gasteiger partial charge in [0.15, 0.2) is 0 Å². The molecule has 0 radical (unpaired) electrons. The summed E-state index contributed by atoms with van der Waals surface area (Å²) in [7, 11) is 0. The lowest BCUT2D eigenvalue weighted by molar-refractivity contribution is 0.338. The first kappa shape index (κ1) is 13.2. The van der Waals surface area contributed by atoms with Gasteiger partial charge in [0.1, 0.15) is 0 Å². The van der Waals surface area contributed by atoms with Crippen LogP contribution in [0.3, 0.4) is 0 Å². The minimum Gasteiger partial charge on any atom is -0.113 e. The molecule has 0 amide bonds. The van der Waals surface area contributed by atoms with Gasteiger partial charge in [-0.3, -0.25) is 0 Å². The van der Waals surface area contributed by atoms with Crippen LogP contribution >= 0.6 is 23.2 Å². The van der Waals surface area contributed by atoms with Gasteiger partial charge in [0.25, 0.3) is 0 Å². The standard InChI is InChI=1S/C15H20Cl2/c1-11-14(16)10-9-13(15(11)17)8-7-12-5-3-2-4-6-12/h9-10,12,15H,1-8H2. The summed E-state index contributed by atoms with van der Waals surface area (Å²) < 4.78 is 0. The maximum Gasteiger partial charge on any atom is 0.0807 e. The molecule has 1 unspecified atom stereocenters. The van der Waals surface area contributed by atoms with E-state index in [9.17, 15) is 0 Å². The topological polar surface area (TPSA) is 0 Å². The summed E-state index contributed by atoms with van der Waals surface area (Å²) >= 11 is 12.4. The summed E-state index contributed by atoms with van der Waals surface area (Å²) in [6.07, 6.45) is 13.4. The van der Waals surface area contributed by atoms with Crippen molar-refractivity contribution in [2.75, 3.05) is 0 Å². The molecule has 1 atom stereocenters. The lowest BCUT2D eigenvalue weighted by atomic mass is 9.84. The van der Waals surface area contributed by atoms with Crippen LogP contribution in [0.5, 0.6) is 0 Å². The monoisotopic (exact) mass is 270 g/mol. The van der Waals surface area contributed by atoms with Crippen LogP contribution < -0.4 is 0 Å². The van der Waals surface area contributed by atoms with E-state index >= 15 is 0 Å². The van der Waals surface area contributed by atoms with Gasteiger partial charge >= 0.3 is 0 Å². The van der Waals surface area contributed by atoms with E-state index in [-0.39, 0.29) is 5.38 Å². The highest BCUT2D eigenvalue weighted by atomic mass is 35.5. The molecule has 1 fully saturated rings. The van der Waals surface area contributed by atoms with Gasteiger partial charge < -0.3 is 0 Å². The Hall–Kier alpha value is -0.200. The maximum atomic E-state index is 6.35. The van der Waals surface area contributed by atoms with Crippen molar-refractivity contribution in [1.82, 2.24) is 0 Å². The van der Waals surface area contributed by atoms with Gasteiger partial charge in [-0.25, -0.2) is 0 Å². The van der Waals surface area contributed by atoms with Crippen molar-refractivity contribution in [3.63, 3.8) is 0 Å². The van der Waals surface area contributed by atoms with Crippen LogP contribution in [0, 0.1) is 5.92 Å². The van der Waals surface area contributed by atoms with Crippen molar-refractivity contribution in [2.24, 2.45) is 5.92 Å². The quantitative estimate of drug-likeness (QED) is 0.588. The van der Waals surface area contributed by atoms with Gasteiger partial charge in [-0.1, -0.05) is 56.4 Å². The van der Waals surface area contributed by atoms with E-state index < -0.39 is 0 Å². The lowest BCUT2D eigenvalue weighted by Gasteiger charge is -2.24. The molecule has 0 heterocycles. The Morgan fingerprint density at radius 3 is 2.59 bits per heavy atom. The fourth-order valence-corrected chi connectivity index (χ4v) is 3.30. The van der Waals surface area contributed by atoms with Gasteiger partial charge in [-0.2, -0.15) is 0 Å². The van der Waals surface area contributed by atoms with E-state index in [1.807, 2.05) is 6.08 Å². The second-order valence-corrected chi connectivity index (χ2v) is 6.03. The Balaban J connectivity index is 1.88. The normalized spacial score (nSPS) is 26.7. The highest BCUT2D eigenvalue weighted by Gasteiger charge is 2.21. The molecule has 17 heavy (non-hydrogen) atoms. The molecule has 0 N–H and O–H groups in total. The van der Waals surface area contributed by atoms with E-state index in [1.165, 1.54) is 44.1 Å². The molecular weight excluding hydrogens is 251 g/mol. The molecule has 0 spiro atoms. The smallest absolute Gasteiger partial charge is 0.0807 e. The first-order valence-electron chi connectivity index (χ1n) is 6.58. The molecule has 0 aliphatic heterocycles. The Kier molecular flexibility index (Phi) is 4.76. The van der Waals surface area contributed by atoms with Crippen molar-refractivity contribution in [3.05, 3.63) is 34.9 Å². The molecule has 0 aromatic carbocycles. The Bertz CT molecular complexity index is 346. The van der Waals surface area contributed by atoms with Crippen LogP contribution in [0.15, 0.2) is 34.9 Å². The van der Waals surface area contributed by atoms with E-state index in [4.69, 9.17) is 23.2 Å². The number of hydrogen-bond acceptors (Lipinski definition) is 0. The van der Waals surface area contributed by atoms with Crippen molar-refractivity contribution < 1.29 is 0 Å². The van der Waals surface area contributed by atoms with Crippen LogP contribution in [-0.2, 0) is 0 Å². The maximum absolute atomic E-state index is 6.35. The third kappa shape index (κ3) is 3.39. The number of halogens is 2. The summed E-state index contributed by atoms with van der Waals surface area (Å²) in [5.41, 5.74) is 2.14. The second-order valence-electron chi connectivity index (χ2n) is 5.19. The Morgan fingerprint density at radius 2 is 1.88 bits per heavy atom. The van der Waals surface area contributed by atoms with Crippen LogP contribution in [0.1, 0.15) is 44.9 Å². The second kappa shape index (κ2) is 6.11. The van der Waals surface area contributed by atoms with Gasteiger partial charge in [-0.15, -0.1) is 11.6 Å². The zero-order valence-corrected chi connectivity index (χ0v) is 11.7. The van der Waals surface area contributed by atoms with Crippen LogP contribution in [0.2, 0.25) is 0 Å². The third-order valence-electron chi connectivity index (χ3n) is 3.95. The number of allylic oxidation sites excluding steroid dienone is 5. The summed E-state index contributed by atoms with van der Waals surface area (Å²) in [5, 5.41) is 0.613. The minimum absolute atomic E-state index is 0.0870. The van der Waals surface area contributed by atoms with Crippen molar-refractivity contribution >= 4 is 23.2 Å². The molecule has 94 valence electrons. The largest absolute Gasteiger partial charge is 0.113 e. The predicted octanol–water partition coefficient (Wildman–Crippen LogP) is 5.57. The van der Waals surface area contributed by atoms with Crippen LogP contribution in [-0.4, -0.2) is 5.38 Å². The molecule has 0 bridgehead atoms. The molecule has 0 aromatic heterocycles. The molecule has 0 nitrogen and oxygen atoms in total. The van der Waals surface area contributed by atoms with Crippen LogP contribution in [0.25, 0.3) is 0 Å². The number of alkyl halides is 1. The van der Waals surface area contributed by atoms with Crippen molar-refractivity contribution in [2.45, 2.75) is 50.3 Å². The molecule has 2 aliphatic rings. The molecule has 2 heteroatoms. The van der Waals surface area contributed by atoms with Gasteiger partial charge in [0.2, 0.25) is 0 Å². The van der Waals surface area contributed by atoms with Crippen molar-refractivity contribution in [1.29, 1.82) is 0 Å². The lowest BCUT2D eigenvalue weighted by Crippen LogP contribution is -2.12. The van der Waals surface area contributed by atoms with Gasteiger partial charge in [-0.05, 0) is 36.0 Å². The van der Waals surface area contributed by atoms with Crippen LogP contribution in [0.4, 0.5) is 0 Å². The highest BCUT2D eigenvalue weighted by Crippen LogP contribution is 2.35. The average Bonchev–Trinajstić information content (AvgIpc) is 2.36. The predicted molar refractivity (Wildman–Crippen MR) is 76.6 cm³/mol. The summed E-state index contributed by atoms with van der Waals surface area (Å²) in [6.45, 7) is 3.95. The molecule has 1 saturated carbocycles. The Morgan fingerprint density at radius 1 is 1.18 bits per heavy atom. The Labute approximate surface area is 114 Å². The fraction of sp³-hybridized carbons (Fsp3) is 0.600. The van der Waals surface area contributed by atoms with E-state index in [0.29, 0.717) is 5.03 Å². The number of hydrogen-bond donors (Lipinski definition) is 0. The van der Waals surface area contributed by atoms with E-state index in [1.54, 1.807) is 0 Å². The van der Waals surface area contributed by atoms with E-state index in [0.717, 1.165) is 17.9 Å². The molecule has 2 aliphatic carbocycles. The van der Waals surface area contributed by atoms with Gasteiger partial charge in [0.05, 0.1) is 5.38 Å². The summed E-state index contributed by atoms with van der Waals surface area (Å²) in [6, 6.07) is 0. The van der Waals surface area contributed by atoms with Gasteiger partial charge in [0, 0.05) is 5.03 Å². The average molecular weight is 271 g/mol.